The smallest absolute Gasteiger partial charge is 0.309 e. The highest BCUT2D eigenvalue weighted by Crippen LogP contribution is 2.40. The number of hydrogen-bond acceptors (Lipinski definition) is 4. The number of nitrogens with zero attached hydrogens (tertiary/aromatic N) is 2. The Morgan fingerprint density at radius 1 is 0.658 bits per heavy atom. The summed E-state index contributed by atoms with van der Waals surface area (Å²) >= 11 is 0. The average Bonchev–Trinajstić information content (AvgIpc) is 3.24. The predicted molar refractivity (Wildman–Crippen MR) is 143 cm³/mol. The average molecular weight is 503 g/mol. The van der Waals surface area contributed by atoms with E-state index < -0.39 is 23.8 Å². The molecule has 1 fully saturated rings. The van der Waals surface area contributed by atoms with Crippen LogP contribution in [-0.4, -0.2) is 27.0 Å². The number of nitrogens with one attached hydrogen (secondary N) is 2. The van der Waals surface area contributed by atoms with Crippen molar-refractivity contribution in [1.82, 2.24) is 19.8 Å². The van der Waals surface area contributed by atoms with Crippen molar-refractivity contribution < 1.29 is 14.4 Å². The third-order valence-corrected chi connectivity index (χ3v) is 6.72. The lowest BCUT2D eigenvalue weighted by Gasteiger charge is -2.22. The first kappa shape index (κ1) is 23.2. The number of aromatic nitrogens is 2. The molecule has 4 amide bonds. The lowest BCUT2D eigenvalue weighted by atomic mass is 9.91. The minimum absolute atomic E-state index is 0.229. The highest BCUT2D eigenvalue weighted by molar-refractivity contribution is 6.21. The lowest BCUT2D eigenvalue weighted by molar-refractivity contribution is -0.132. The van der Waals surface area contributed by atoms with Crippen LogP contribution in [-0.2, 0) is 9.59 Å². The van der Waals surface area contributed by atoms with Crippen LogP contribution in [0.4, 0.5) is 4.79 Å². The van der Waals surface area contributed by atoms with Crippen molar-refractivity contribution in [3.05, 3.63) is 119 Å². The molecule has 3 aromatic carbocycles. The van der Waals surface area contributed by atoms with Crippen LogP contribution in [0.2, 0.25) is 0 Å². The van der Waals surface area contributed by atoms with Gasteiger partial charge in [-0.15, -0.1) is 0 Å². The van der Waals surface area contributed by atoms with Crippen LogP contribution >= 0.6 is 0 Å². The molecule has 1 aliphatic rings. The maximum Gasteiger partial charge on any atom is 0.328 e. The molecule has 1 saturated heterocycles. The van der Waals surface area contributed by atoms with Gasteiger partial charge in [0, 0.05) is 22.6 Å². The fourth-order valence-electron chi connectivity index (χ4n) is 5.19. The van der Waals surface area contributed by atoms with Gasteiger partial charge in [-0.05, 0) is 42.8 Å². The predicted octanol–water partition coefficient (Wildman–Crippen LogP) is 4.21. The summed E-state index contributed by atoms with van der Waals surface area (Å²) in [5.74, 6) is -2.99. The Balaban J connectivity index is 1.82. The van der Waals surface area contributed by atoms with E-state index in [9.17, 15) is 19.2 Å². The first-order valence-electron chi connectivity index (χ1n) is 12.1. The van der Waals surface area contributed by atoms with Crippen LogP contribution in [0.15, 0.2) is 102 Å². The topological polar surface area (TPSA) is 102 Å². The highest BCUT2D eigenvalue weighted by Gasteiger charge is 2.41. The SMILES string of the molecule is Cc1cc2c(c(C3C(=O)NC(=O)NC3=O)c(-c3ccccc3)n2-c2ccccc2)c(=O)n1-c1ccccc1. The molecule has 6 rings (SSSR count). The number of benzene rings is 3. The van der Waals surface area contributed by atoms with Gasteiger partial charge in [-0.25, -0.2) is 4.79 Å². The van der Waals surface area contributed by atoms with Gasteiger partial charge in [0.1, 0.15) is 5.92 Å². The number of rotatable bonds is 4. The van der Waals surface area contributed by atoms with Gasteiger partial charge in [0.2, 0.25) is 11.8 Å². The normalized spacial score (nSPS) is 14.0. The molecule has 3 heterocycles. The van der Waals surface area contributed by atoms with Crippen LogP contribution in [0.3, 0.4) is 0 Å². The van der Waals surface area contributed by atoms with E-state index in [2.05, 4.69) is 10.6 Å². The Bertz CT molecular complexity index is 1770. The number of imide groups is 2. The minimum atomic E-state index is -1.42. The van der Waals surface area contributed by atoms with Crippen molar-refractivity contribution in [2.45, 2.75) is 12.8 Å². The fourth-order valence-corrected chi connectivity index (χ4v) is 5.19. The number of carbonyl (C=O) groups excluding carboxylic acids is 3. The van der Waals surface area contributed by atoms with Crippen molar-refractivity contribution in [1.29, 1.82) is 0 Å². The van der Waals surface area contributed by atoms with E-state index in [0.717, 1.165) is 5.69 Å². The second-order valence-electron chi connectivity index (χ2n) is 9.06. The number of aryl methyl sites for hydroxylation is 1. The molecule has 38 heavy (non-hydrogen) atoms. The second-order valence-corrected chi connectivity index (χ2v) is 9.06. The van der Waals surface area contributed by atoms with Gasteiger partial charge in [-0.3, -0.25) is 29.6 Å². The molecule has 0 spiro atoms. The molecule has 0 atom stereocenters. The molecule has 0 unspecified atom stereocenters. The molecule has 5 aromatic rings. The second kappa shape index (κ2) is 9.01. The number of barbiturate groups is 1. The molecule has 186 valence electrons. The Labute approximate surface area is 217 Å². The molecule has 8 nitrogen and oxygen atoms in total. The van der Waals surface area contributed by atoms with E-state index in [1.807, 2.05) is 109 Å². The van der Waals surface area contributed by atoms with Gasteiger partial charge in [-0.1, -0.05) is 66.7 Å². The quantitative estimate of drug-likeness (QED) is 0.360. The van der Waals surface area contributed by atoms with E-state index in [4.69, 9.17) is 0 Å². The monoisotopic (exact) mass is 502 g/mol. The molecule has 2 aromatic heterocycles. The Hall–Kier alpha value is -5.24. The van der Waals surface area contributed by atoms with E-state index in [1.165, 1.54) is 0 Å². The molecule has 0 aliphatic carbocycles. The van der Waals surface area contributed by atoms with Crippen LogP contribution in [0, 0.1) is 6.92 Å². The molecule has 0 bridgehead atoms. The lowest BCUT2D eigenvalue weighted by Crippen LogP contribution is -2.54. The van der Waals surface area contributed by atoms with Crippen LogP contribution in [0.25, 0.3) is 33.5 Å². The van der Waals surface area contributed by atoms with Crippen LogP contribution in [0.1, 0.15) is 17.2 Å². The van der Waals surface area contributed by atoms with Crippen molar-refractivity contribution in [2.75, 3.05) is 0 Å². The Morgan fingerprint density at radius 3 is 1.71 bits per heavy atom. The van der Waals surface area contributed by atoms with Gasteiger partial charge in [-0.2, -0.15) is 0 Å². The zero-order valence-electron chi connectivity index (χ0n) is 20.3. The number of carbonyl (C=O) groups is 3. The Kier molecular flexibility index (Phi) is 5.49. The van der Waals surface area contributed by atoms with Crippen molar-refractivity contribution in [3.63, 3.8) is 0 Å². The van der Waals surface area contributed by atoms with E-state index in [1.54, 1.807) is 4.57 Å². The summed E-state index contributed by atoms with van der Waals surface area (Å²) in [5.41, 5.74) is 3.76. The van der Waals surface area contributed by atoms with Crippen molar-refractivity contribution >= 4 is 28.7 Å². The maximum atomic E-state index is 14.3. The Morgan fingerprint density at radius 2 is 1.16 bits per heavy atom. The third-order valence-electron chi connectivity index (χ3n) is 6.72. The van der Waals surface area contributed by atoms with E-state index in [-0.39, 0.29) is 16.5 Å². The molecular formula is C30H22N4O4. The first-order valence-corrected chi connectivity index (χ1v) is 12.1. The molecule has 2 N–H and O–H groups in total. The zero-order chi connectivity index (χ0) is 26.4. The summed E-state index contributed by atoms with van der Waals surface area (Å²) in [6, 6.07) is 28.9. The zero-order valence-corrected chi connectivity index (χ0v) is 20.3. The van der Waals surface area contributed by atoms with Crippen LogP contribution in [0.5, 0.6) is 0 Å². The largest absolute Gasteiger partial charge is 0.328 e. The van der Waals surface area contributed by atoms with Gasteiger partial charge < -0.3 is 4.57 Å². The van der Waals surface area contributed by atoms with Crippen molar-refractivity contribution in [3.8, 4) is 22.6 Å². The number of pyridine rings is 1. The highest BCUT2D eigenvalue weighted by atomic mass is 16.2. The minimum Gasteiger partial charge on any atom is -0.309 e. The fraction of sp³-hybridized carbons (Fsp3) is 0.0667. The molecular weight excluding hydrogens is 480 g/mol. The van der Waals surface area contributed by atoms with Gasteiger partial charge >= 0.3 is 6.03 Å². The van der Waals surface area contributed by atoms with Crippen molar-refractivity contribution in [2.24, 2.45) is 0 Å². The number of amides is 4. The molecule has 0 saturated carbocycles. The summed E-state index contributed by atoms with van der Waals surface area (Å²) in [7, 11) is 0. The summed E-state index contributed by atoms with van der Waals surface area (Å²) in [6.07, 6.45) is 0. The number of urea groups is 1. The number of para-hydroxylation sites is 2. The standard InChI is InChI=1S/C30H22N4O4/c1-18-17-22-23(29(37)33(18)20-13-7-3-8-14-20)24(25-27(35)31-30(38)32-28(25)36)26(19-11-5-2-6-12-19)34(22)21-15-9-4-10-16-21/h2-17,25H,1H3,(H2,31,32,35,36,38). The van der Waals surface area contributed by atoms with Gasteiger partial charge in [0.15, 0.2) is 0 Å². The molecule has 8 heteroatoms. The molecule has 1 aliphatic heterocycles. The van der Waals surface area contributed by atoms with Gasteiger partial charge in [0.05, 0.1) is 16.6 Å². The van der Waals surface area contributed by atoms with Gasteiger partial charge in [0.25, 0.3) is 5.56 Å². The number of hydrogen-bond donors (Lipinski definition) is 2. The summed E-state index contributed by atoms with van der Waals surface area (Å²) in [6.45, 7) is 1.84. The van der Waals surface area contributed by atoms with E-state index in [0.29, 0.717) is 28.2 Å². The summed E-state index contributed by atoms with van der Waals surface area (Å²) in [4.78, 5) is 52.7. The number of fused-ring (bicyclic) bond motifs is 1. The first-order chi connectivity index (χ1) is 18.5. The van der Waals surface area contributed by atoms with Crippen LogP contribution < -0.4 is 16.2 Å². The van der Waals surface area contributed by atoms with E-state index >= 15 is 0 Å². The maximum absolute atomic E-state index is 14.3. The summed E-state index contributed by atoms with van der Waals surface area (Å²) < 4.78 is 3.47. The summed E-state index contributed by atoms with van der Waals surface area (Å²) in [5, 5.41) is 4.63. The molecule has 0 radical (unpaired) electrons. The third kappa shape index (κ3) is 3.62.